The molecule has 0 spiro atoms. The number of amides is 1. The van der Waals surface area contributed by atoms with Crippen molar-refractivity contribution in [2.24, 2.45) is 5.92 Å². The molecule has 1 saturated heterocycles. The fourth-order valence-electron chi connectivity index (χ4n) is 2.54. The number of carbonyl (C=O) groups is 1. The van der Waals surface area contributed by atoms with Crippen LogP contribution in [0.2, 0.25) is 5.02 Å². The molecule has 1 fully saturated rings. The van der Waals surface area contributed by atoms with E-state index in [-0.39, 0.29) is 5.91 Å². The Balaban J connectivity index is 2.00. The summed E-state index contributed by atoms with van der Waals surface area (Å²) in [5, 5.41) is 0.483. The van der Waals surface area contributed by atoms with Crippen LogP contribution in [-0.2, 0) is 0 Å². The number of nitrogens with zero attached hydrogens (tertiary/aromatic N) is 2. The maximum Gasteiger partial charge on any atom is 0.253 e. The predicted octanol–water partition coefficient (Wildman–Crippen LogP) is 1.95. The second-order valence-corrected chi connectivity index (χ2v) is 5.75. The molecule has 4 nitrogen and oxygen atoms in total. The second-order valence-electron chi connectivity index (χ2n) is 5.34. The van der Waals surface area contributed by atoms with Gasteiger partial charge in [0.1, 0.15) is 0 Å². The number of halogens is 1. The van der Waals surface area contributed by atoms with Crippen LogP contribution in [-0.4, -0.2) is 49.4 Å². The molecular weight excluding hydrogens is 262 g/mol. The minimum absolute atomic E-state index is 0.00193. The van der Waals surface area contributed by atoms with Gasteiger partial charge in [0.05, 0.1) is 10.7 Å². The van der Waals surface area contributed by atoms with Gasteiger partial charge in [0.2, 0.25) is 0 Å². The third-order valence-corrected chi connectivity index (χ3v) is 3.95. The Morgan fingerprint density at radius 1 is 1.58 bits per heavy atom. The lowest BCUT2D eigenvalue weighted by Gasteiger charge is -2.21. The van der Waals surface area contributed by atoms with Crippen LogP contribution in [0.15, 0.2) is 18.2 Å². The van der Waals surface area contributed by atoms with Gasteiger partial charge in [-0.1, -0.05) is 11.6 Å². The van der Waals surface area contributed by atoms with E-state index in [0.717, 1.165) is 26.1 Å². The lowest BCUT2D eigenvalue weighted by molar-refractivity contribution is 0.0774. The SMILES string of the molecule is CN1CCC(CN(C)C(=O)c2ccc(Cl)c(N)c2)C1. The summed E-state index contributed by atoms with van der Waals surface area (Å²) in [6, 6.07) is 5.03. The van der Waals surface area contributed by atoms with Gasteiger partial charge >= 0.3 is 0 Å². The standard InChI is InChI=1S/C14H20ClN3O/c1-17-6-5-10(8-17)9-18(2)14(19)11-3-4-12(15)13(16)7-11/h3-4,7,10H,5-6,8-9,16H2,1-2H3. The first kappa shape index (κ1) is 14.2. The van der Waals surface area contributed by atoms with E-state index >= 15 is 0 Å². The zero-order chi connectivity index (χ0) is 14.0. The first-order chi connectivity index (χ1) is 8.97. The number of carbonyl (C=O) groups excluding carboxylic acids is 1. The highest BCUT2D eigenvalue weighted by Crippen LogP contribution is 2.21. The van der Waals surface area contributed by atoms with Crippen molar-refractivity contribution >= 4 is 23.2 Å². The number of nitrogens with two attached hydrogens (primary N) is 1. The lowest BCUT2D eigenvalue weighted by Crippen LogP contribution is -2.32. The Bertz CT molecular complexity index is 478. The Morgan fingerprint density at radius 2 is 2.32 bits per heavy atom. The van der Waals surface area contributed by atoms with E-state index in [1.54, 1.807) is 23.1 Å². The van der Waals surface area contributed by atoms with Crippen LogP contribution in [0.4, 0.5) is 5.69 Å². The lowest BCUT2D eigenvalue weighted by atomic mass is 10.1. The van der Waals surface area contributed by atoms with E-state index in [2.05, 4.69) is 11.9 Å². The van der Waals surface area contributed by atoms with Crippen LogP contribution in [0.3, 0.4) is 0 Å². The molecule has 1 atom stereocenters. The van der Waals surface area contributed by atoms with Gasteiger partial charge in [-0.15, -0.1) is 0 Å². The maximum absolute atomic E-state index is 12.3. The molecule has 1 aliphatic heterocycles. The van der Waals surface area contributed by atoms with E-state index in [0.29, 0.717) is 22.2 Å². The van der Waals surface area contributed by atoms with Gasteiger partial charge < -0.3 is 15.5 Å². The first-order valence-corrected chi connectivity index (χ1v) is 6.84. The normalized spacial score (nSPS) is 19.6. The largest absolute Gasteiger partial charge is 0.398 e. The minimum Gasteiger partial charge on any atom is -0.398 e. The molecule has 1 aromatic carbocycles. The van der Waals surface area contributed by atoms with E-state index < -0.39 is 0 Å². The van der Waals surface area contributed by atoms with Crippen molar-refractivity contribution in [3.8, 4) is 0 Å². The number of likely N-dealkylation sites (tertiary alicyclic amines) is 1. The molecule has 0 saturated carbocycles. The molecule has 0 bridgehead atoms. The number of hydrogen-bond donors (Lipinski definition) is 1. The summed E-state index contributed by atoms with van der Waals surface area (Å²) >= 11 is 5.86. The minimum atomic E-state index is -0.00193. The summed E-state index contributed by atoms with van der Waals surface area (Å²) < 4.78 is 0. The average molecular weight is 282 g/mol. The summed E-state index contributed by atoms with van der Waals surface area (Å²) in [4.78, 5) is 16.4. The van der Waals surface area contributed by atoms with Crippen molar-refractivity contribution < 1.29 is 4.79 Å². The van der Waals surface area contributed by atoms with E-state index in [4.69, 9.17) is 17.3 Å². The zero-order valence-electron chi connectivity index (χ0n) is 11.4. The third-order valence-electron chi connectivity index (χ3n) is 3.61. The van der Waals surface area contributed by atoms with Crippen LogP contribution in [0.5, 0.6) is 0 Å². The van der Waals surface area contributed by atoms with E-state index in [9.17, 15) is 4.79 Å². The molecule has 0 aliphatic carbocycles. The van der Waals surface area contributed by atoms with Gasteiger partial charge in [-0.25, -0.2) is 0 Å². The van der Waals surface area contributed by atoms with Crippen molar-refractivity contribution in [1.29, 1.82) is 0 Å². The van der Waals surface area contributed by atoms with Crippen molar-refractivity contribution in [2.45, 2.75) is 6.42 Å². The van der Waals surface area contributed by atoms with Crippen LogP contribution >= 0.6 is 11.6 Å². The average Bonchev–Trinajstić information content (AvgIpc) is 2.77. The molecular formula is C14H20ClN3O. The van der Waals surface area contributed by atoms with Gasteiger partial charge in [0, 0.05) is 25.7 Å². The van der Waals surface area contributed by atoms with Crippen LogP contribution in [0.25, 0.3) is 0 Å². The number of anilines is 1. The van der Waals surface area contributed by atoms with Gasteiger partial charge in [0.25, 0.3) is 5.91 Å². The summed E-state index contributed by atoms with van der Waals surface area (Å²) in [7, 11) is 3.95. The van der Waals surface area contributed by atoms with Gasteiger partial charge in [-0.2, -0.15) is 0 Å². The van der Waals surface area contributed by atoms with E-state index in [1.807, 2.05) is 7.05 Å². The predicted molar refractivity (Wildman–Crippen MR) is 78.4 cm³/mol. The fourth-order valence-corrected chi connectivity index (χ4v) is 2.66. The summed E-state index contributed by atoms with van der Waals surface area (Å²) in [6.45, 7) is 2.95. The fraction of sp³-hybridized carbons (Fsp3) is 0.500. The van der Waals surface area contributed by atoms with Crippen molar-refractivity contribution in [1.82, 2.24) is 9.80 Å². The van der Waals surface area contributed by atoms with Crippen LogP contribution in [0, 0.1) is 5.92 Å². The van der Waals surface area contributed by atoms with Crippen LogP contribution < -0.4 is 5.73 Å². The molecule has 19 heavy (non-hydrogen) atoms. The first-order valence-electron chi connectivity index (χ1n) is 6.46. The van der Waals surface area contributed by atoms with Gasteiger partial charge in [-0.3, -0.25) is 4.79 Å². The maximum atomic E-state index is 12.3. The quantitative estimate of drug-likeness (QED) is 0.862. The Morgan fingerprint density at radius 3 is 2.89 bits per heavy atom. The molecule has 1 aromatic rings. The number of hydrogen-bond acceptors (Lipinski definition) is 3. The number of benzene rings is 1. The molecule has 1 unspecified atom stereocenters. The van der Waals surface area contributed by atoms with Crippen molar-refractivity contribution in [3.63, 3.8) is 0 Å². The number of rotatable bonds is 3. The Kier molecular flexibility index (Phi) is 4.32. The highest BCUT2D eigenvalue weighted by atomic mass is 35.5. The highest BCUT2D eigenvalue weighted by molar-refractivity contribution is 6.33. The highest BCUT2D eigenvalue weighted by Gasteiger charge is 2.23. The zero-order valence-corrected chi connectivity index (χ0v) is 12.2. The number of nitrogen functional groups attached to an aromatic ring is 1. The molecule has 2 rings (SSSR count). The van der Waals surface area contributed by atoms with Crippen LogP contribution in [0.1, 0.15) is 16.8 Å². The van der Waals surface area contributed by atoms with E-state index in [1.165, 1.54) is 0 Å². The van der Waals surface area contributed by atoms with Crippen molar-refractivity contribution in [2.75, 3.05) is 39.5 Å². The molecule has 1 aliphatic rings. The summed E-state index contributed by atoms with van der Waals surface area (Å²) in [5.74, 6) is 0.557. The summed E-state index contributed by atoms with van der Waals surface area (Å²) in [5.41, 5.74) is 6.77. The second kappa shape index (κ2) is 5.80. The topological polar surface area (TPSA) is 49.6 Å². The molecule has 1 amide bonds. The molecule has 0 radical (unpaired) electrons. The molecule has 1 heterocycles. The monoisotopic (exact) mass is 281 g/mol. The molecule has 2 N–H and O–H groups in total. The van der Waals surface area contributed by atoms with Gasteiger partial charge in [0.15, 0.2) is 0 Å². The molecule has 5 heteroatoms. The smallest absolute Gasteiger partial charge is 0.253 e. The molecule has 104 valence electrons. The summed E-state index contributed by atoms with van der Waals surface area (Å²) in [6.07, 6.45) is 1.15. The Hall–Kier alpha value is -1.26. The van der Waals surface area contributed by atoms with Crippen molar-refractivity contribution in [3.05, 3.63) is 28.8 Å². The molecule has 0 aromatic heterocycles. The van der Waals surface area contributed by atoms with Gasteiger partial charge in [-0.05, 0) is 44.1 Å². The Labute approximate surface area is 119 Å². The third kappa shape index (κ3) is 3.39.